The van der Waals surface area contributed by atoms with Crippen LogP contribution in [0, 0.1) is 0 Å². The Balaban J connectivity index is 1.34. The van der Waals surface area contributed by atoms with Crippen LogP contribution in [0.4, 0.5) is 0 Å². The maximum absolute atomic E-state index is 12.6. The number of methoxy groups -OCH3 is 1. The minimum Gasteiger partial charge on any atom is -0.493 e. The first-order chi connectivity index (χ1) is 15.7. The maximum atomic E-state index is 12.6. The molecular formula is C25H23N3O4. The van der Waals surface area contributed by atoms with Gasteiger partial charge in [-0.2, -0.15) is 4.98 Å². The molecule has 7 heteroatoms. The summed E-state index contributed by atoms with van der Waals surface area (Å²) in [5.41, 5.74) is 2.58. The highest BCUT2D eigenvalue weighted by Crippen LogP contribution is 2.29. The van der Waals surface area contributed by atoms with Crippen LogP contribution in [0.3, 0.4) is 0 Å². The first-order valence-electron chi connectivity index (χ1n) is 10.2. The molecule has 0 unspecified atom stereocenters. The van der Waals surface area contributed by atoms with Crippen LogP contribution < -0.4 is 14.8 Å². The summed E-state index contributed by atoms with van der Waals surface area (Å²) in [5.74, 6) is 1.69. The minimum absolute atomic E-state index is 0.134. The van der Waals surface area contributed by atoms with Gasteiger partial charge in [-0.15, -0.1) is 0 Å². The number of benzene rings is 3. The molecule has 162 valence electrons. The molecule has 1 heterocycles. The van der Waals surface area contributed by atoms with Crippen LogP contribution in [-0.4, -0.2) is 23.2 Å². The monoisotopic (exact) mass is 429 g/mol. The smallest absolute Gasteiger partial charge is 0.251 e. The van der Waals surface area contributed by atoms with Gasteiger partial charge in [0.25, 0.3) is 5.91 Å². The minimum atomic E-state index is -0.277. The van der Waals surface area contributed by atoms with E-state index in [0.29, 0.717) is 41.8 Å². The first kappa shape index (κ1) is 21.1. The van der Waals surface area contributed by atoms with Gasteiger partial charge in [0.15, 0.2) is 17.3 Å². The summed E-state index contributed by atoms with van der Waals surface area (Å²) < 4.78 is 16.5. The molecule has 0 radical (unpaired) electrons. The van der Waals surface area contributed by atoms with Gasteiger partial charge < -0.3 is 19.3 Å². The van der Waals surface area contributed by atoms with Crippen molar-refractivity contribution in [2.45, 2.75) is 19.6 Å². The Morgan fingerprint density at radius 1 is 0.938 bits per heavy atom. The number of nitrogens with zero attached hydrogens (tertiary/aromatic N) is 2. The Kier molecular flexibility index (Phi) is 6.77. The lowest BCUT2D eigenvalue weighted by Crippen LogP contribution is -2.23. The Labute approximate surface area is 186 Å². The van der Waals surface area contributed by atoms with E-state index in [0.717, 1.165) is 11.1 Å². The van der Waals surface area contributed by atoms with Crippen molar-refractivity contribution < 1.29 is 18.8 Å². The molecule has 1 aromatic heterocycles. The normalized spacial score (nSPS) is 10.5. The van der Waals surface area contributed by atoms with E-state index >= 15 is 0 Å². The highest BCUT2D eigenvalue weighted by molar-refractivity contribution is 5.94. The molecule has 1 amide bonds. The van der Waals surface area contributed by atoms with Crippen LogP contribution in [0.15, 0.2) is 83.4 Å². The van der Waals surface area contributed by atoms with Crippen molar-refractivity contribution in [3.8, 4) is 11.5 Å². The van der Waals surface area contributed by atoms with E-state index in [1.165, 1.54) is 0 Å². The van der Waals surface area contributed by atoms with E-state index in [4.69, 9.17) is 14.0 Å². The molecule has 0 aliphatic rings. The number of ether oxygens (including phenoxy) is 2. The molecule has 0 aliphatic carbocycles. The second-order valence-corrected chi connectivity index (χ2v) is 7.09. The molecule has 1 N–H and O–H groups in total. The Morgan fingerprint density at radius 3 is 2.38 bits per heavy atom. The zero-order chi connectivity index (χ0) is 22.2. The van der Waals surface area contributed by atoms with E-state index in [1.54, 1.807) is 25.3 Å². The van der Waals surface area contributed by atoms with Crippen molar-refractivity contribution in [3.05, 3.63) is 107 Å². The van der Waals surface area contributed by atoms with Crippen molar-refractivity contribution in [2.75, 3.05) is 7.11 Å². The van der Waals surface area contributed by atoms with Gasteiger partial charge in [-0.05, 0) is 29.3 Å². The lowest BCUT2D eigenvalue weighted by atomic mass is 10.1. The summed E-state index contributed by atoms with van der Waals surface area (Å²) in [5, 5.41) is 6.76. The fraction of sp³-hybridized carbons (Fsp3) is 0.160. The van der Waals surface area contributed by atoms with Crippen molar-refractivity contribution >= 4 is 5.91 Å². The number of amides is 1. The quantitative estimate of drug-likeness (QED) is 0.430. The highest BCUT2D eigenvalue weighted by atomic mass is 16.5. The third-order valence-corrected chi connectivity index (χ3v) is 4.78. The van der Waals surface area contributed by atoms with E-state index in [-0.39, 0.29) is 12.5 Å². The average molecular weight is 429 g/mol. The summed E-state index contributed by atoms with van der Waals surface area (Å²) >= 11 is 0. The molecule has 0 spiro atoms. The Bertz CT molecular complexity index is 1160. The van der Waals surface area contributed by atoms with Gasteiger partial charge in [0.1, 0.15) is 6.61 Å². The van der Waals surface area contributed by atoms with Crippen molar-refractivity contribution in [2.24, 2.45) is 0 Å². The Morgan fingerprint density at radius 2 is 1.66 bits per heavy atom. The van der Waals surface area contributed by atoms with Gasteiger partial charge in [0, 0.05) is 12.0 Å². The van der Waals surface area contributed by atoms with Gasteiger partial charge in [0.05, 0.1) is 13.7 Å². The fourth-order valence-corrected chi connectivity index (χ4v) is 3.13. The van der Waals surface area contributed by atoms with Crippen LogP contribution in [0.5, 0.6) is 11.5 Å². The van der Waals surface area contributed by atoms with Crippen molar-refractivity contribution in [1.29, 1.82) is 0 Å². The number of aromatic nitrogens is 2. The third-order valence-electron chi connectivity index (χ3n) is 4.78. The predicted octanol–water partition coefficient (Wildman–Crippen LogP) is 4.18. The average Bonchev–Trinajstić information content (AvgIpc) is 3.29. The molecule has 4 aromatic rings. The number of carbonyl (C=O) groups excluding carboxylic acids is 1. The number of carbonyl (C=O) groups is 1. The second kappa shape index (κ2) is 10.3. The zero-order valence-electron chi connectivity index (χ0n) is 17.7. The largest absolute Gasteiger partial charge is 0.493 e. The van der Waals surface area contributed by atoms with E-state index < -0.39 is 0 Å². The summed E-state index contributed by atoms with van der Waals surface area (Å²) in [7, 11) is 1.54. The topological polar surface area (TPSA) is 86.5 Å². The van der Waals surface area contributed by atoms with E-state index in [1.807, 2.05) is 60.7 Å². The van der Waals surface area contributed by atoms with Crippen molar-refractivity contribution in [3.63, 3.8) is 0 Å². The first-order valence-corrected chi connectivity index (χ1v) is 10.2. The molecule has 7 nitrogen and oxygen atoms in total. The van der Waals surface area contributed by atoms with Crippen LogP contribution in [0.2, 0.25) is 0 Å². The van der Waals surface area contributed by atoms with Crippen LogP contribution >= 0.6 is 0 Å². The number of rotatable bonds is 9. The van der Waals surface area contributed by atoms with Crippen LogP contribution in [0.1, 0.15) is 33.2 Å². The van der Waals surface area contributed by atoms with E-state index in [9.17, 15) is 4.79 Å². The van der Waals surface area contributed by atoms with Gasteiger partial charge in [0.2, 0.25) is 5.89 Å². The SMILES string of the molecule is COc1cc(C(=O)NCc2nc(Cc3ccccc3)no2)ccc1OCc1ccccc1. The van der Waals surface area contributed by atoms with Gasteiger partial charge in [-0.1, -0.05) is 65.8 Å². The molecule has 0 saturated carbocycles. The molecule has 32 heavy (non-hydrogen) atoms. The number of hydrogen-bond donors (Lipinski definition) is 1. The van der Waals surface area contributed by atoms with Crippen molar-refractivity contribution in [1.82, 2.24) is 15.5 Å². The predicted molar refractivity (Wildman–Crippen MR) is 118 cm³/mol. The summed E-state index contributed by atoms with van der Waals surface area (Å²) in [6.07, 6.45) is 0.569. The molecular weight excluding hydrogens is 406 g/mol. The number of hydrogen-bond acceptors (Lipinski definition) is 6. The lowest BCUT2D eigenvalue weighted by Gasteiger charge is -2.12. The standard InChI is InChI=1S/C25H23N3O4/c1-30-22-15-20(12-13-21(22)31-17-19-10-6-3-7-11-19)25(29)26-16-24-27-23(28-32-24)14-18-8-4-2-5-9-18/h2-13,15H,14,16-17H2,1H3,(H,26,29). The molecule has 0 bridgehead atoms. The van der Waals surface area contributed by atoms with E-state index in [2.05, 4.69) is 15.5 Å². The van der Waals surface area contributed by atoms with Gasteiger partial charge in [-0.25, -0.2) is 0 Å². The molecule has 0 atom stereocenters. The molecule has 0 saturated heterocycles. The number of nitrogens with one attached hydrogen (secondary N) is 1. The van der Waals surface area contributed by atoms with Gasteiger partial charge in [-0.3, -0.25) is 4.79 Å². The van der Waals surface area contributed by atoms with Gasteiger partial charge >= 0.3 is 0 Å². The zero-order valence-corrected chi connectivity index (χ0v) is 17.7. The maximum Gasteiger partial charge on any atom is 0.251 e. The molecule has 0 fully saturated rings. The van der Waals surface area contributed by atoms with Crippen LogP contribution in [-0.2, 0) is 19.6 Å². The Hall–Kier alpha value is -4.13. The summed E-state index contributed by atoms with van der Waals surface area (Å²) in [4.78, 5) is 16.9. The van der Waals surface area contributed by atoms with Crippen LogP contribution in [0.25, 0.3) is 0 Å². The highest BCUT2D eigenvalue weighted by Gasteiger charge is 2.13. The molecule has 4 rings (SSSR count). The summed E-state index contributed by atoms with van der Waals surface area (Å²) in [6.45, 7) is 0.542. The fourth-order valence-electron chi connectivity index (χ4n) is 3.13. The molecule has 3 aromatic carbocycles. The summed E-state index contributed by atoms with van der Waals surface area (Å²) in [6, 6.07) is 24.8. The molecule has 0 aliphatic heterocycles. The third kappa shape index (κ3) is 5.51. The lowest BCUT2D eigenvalue weighted by molar-refractivity contribution is 0.0946. The second-order valence-electron chi connectivity index (χ2n) is 7.09.